The van der Waals surface area contributed by atoms with Crippen LogP contribution in [0.3, 0.4) is 0 Å². The van der Waals surface area contributed by atoms with Gasteiger partial charge >= 0.3 is 0 Å². The molecule has 3 nitrogen and oxygen atoms in total. The first-order chi connectivity index (χ1) is 8.77. The molecule has 1 aromatic carbocycles. The van der Waals surface area contributed by atoms with Crippen molar-refractivity contribution in [2.75, 3.05) is 26.4 Å². The summed E-state index contributed by atoms with van der Waals surface area (Å²) in [4.78, 5) is 0. The molecule has 0 heterocycles. The number of hydrogen-bond donors (Lipinski definition) is 1. The summed E-state index contributed by atoms with van der Waals surface area (Å²) in [5.41, 5.74) is 1.15. The fourth-order valence-corrected chi connectivity index (χ4v) is 1.93. The molecule has 1 aromatic rings. The van der Waals surface area contributed by atoms with E-state index in [9.17, 15) is 0 Å². The number of halogens is 1. The molecule has 0 aromatic heterocycles. The Hall–Kier alpha value is -0.770. The first-order valence-electron chi connectivity index (χ1n) is 6.58. The first-order valence-corrected chi connectivity index (χ1v) is 6.96. The van der Waals surface area contributed by atoms with Crippen molar-refractivity contribution < 1.29 is 14.8 Å². The van der Waals surface area contributed by atoms with Crippen molar-refractivity contribution in [2.45, 2.75) is 26.8 Å². The fourth-order valence-electron chi connectivity index (χ4n) is 1.74. The van der Waals surface area contributed by atoms with Crippen LogP contribution >= 0.6 is 11.6 Å². The molecular weight excluding hydrogens is 250 g/mol. The van der Waals surface area contributed by atoms with Gasteiger partial charge in [0.2, 0.25) is 0 Å². The smallest absolute Gasteiger partial charge is 0.128 e. The number of quaternary nitrogens is 1. The number of hydrogen-bond acceptors (Lipinski definition) is 2. The summed E-state index contributed by atoms with van der Waals surface area (Å²) in [5, 5.41) is 3.02. The third-order valence-corrected chi connectivity index (χ3v) is 2.82. The molecule has 18 heavy (non-hydrogen) atoms. The summed E-state index contributed by atoms with van der Waals surface area (Å²) >= 11 is 6.01. The van der Waals surface area contributed by atoms with Gasteiger partial charge in [-0.05, 0) is 32.0 Å². The fraction of sp³-hybridized carbons (Fsp3) is 0.571. The van der Waals surface area contributed by atoms with Crippen LogP contribution in [0, 0.1) is 0 Å². The first kappa shape index (κ1) is 15.3. The summed E-state index contributed by atoms with van der Waals surface area (Å²) in [6, 6.07) is 5.78. The van der Waals surface area contributed by atoms with Crippen LogP contribution in [0.1, 0.15) is 25.8 Å². The molecule has 0 radical (unpaired) electrons. The van der Waals surface area contributed by atoms with Crippen LogP contribution in [-0.2, 0) is 11.3 Å². The zero-order valence-corrected chi connectivity index (χ0v) is 12.0. The molecule has 0 amide bonds. The number of ether oxygens (including phenoxy) is 2. The Balaban J connectivity index is 2.37. The predicted octanol–water partition coefficient (Wildman–Crippen LogP) is 2.23. The molecule has 0 aliphatic heterocycles. The van der Waals surface area contributed by atoms with Gasteiger partial charge in [-0.3, -0.25) is 0 Å². The van der Waals surface area contributed by atoms with E-state index in [1.54, 1.807) is 0 Å². The normalized spacial score (nSPS) is 10.6. The molecule has 1 rings (SSSR count). The number of rotatable bonds is 9. The van der Waals surface area contributed by atoms with Gasteiger partial charge in [0.25, 0.3) is 0 Å². The van der Waals surface area contributed by atoms with Crippen LogP contribution in [0.25, 0.3) is 0 Å². The molecule has 0 unspecified atom stereocenters. The van der Waals surface area contributed by atoms with E-state index in [1.807, 2.05) is 32.0 Å². The average Bonchev–Trinajstić information content (AvgIpc) is 2.37. The van der Waals surface area contributed by atoms with Crippen molar-refractivity contribution in [1.29, 1.82) is 0 Å². The Kier molecular flexibility index (Phi) is 7.81. The van der Waals surface area contributed by atoms with E-state index >= 15 is 0 Å². The Morgan fingerprint density at radius 3 is 2.78 bits per heavy atom. The average molecular weight is 273 g/mol. The van der Waals surface area contributed by atoms with Gasteiger partial charge in [0, 0.05) is 23.6 Å². The highest BCUT2D eigenvalue weighted by atomic mass is 35.5. The standard InChI is InChI=1S/C14H22ClNO2/c1-3-17-9-5-8-16-11-12-10-13(15)6-7-14(12)18-4-2/h6-7,10,16H,3-5,8-9,11H2,1-2H3/p+1. The van der Waals surface area contributed by atoms with Gasteiger partial charge in [-0.25, -0.2) is 0 Å². The monoisotopic (exact) mass is 272 g/mol. The lowest BCUT2D eigenvalue weighted by Gasteiger charge is -2.09. The minimum absolute atomic E-state index is 0.680. The summed E-state index contributed by atoms with van der Waals surface area (Å²) in [7, 11) is 0. The lowest BCUT2D eigenvalue weighted by atomic mass is 10.2. The highest BCUT2D eigenvalue weighted by Gasteiger charge is 2.06. The van der Waals surface area contributed by atoms with Crippen molar-refractivity contribution in [1.82, 2.24) is 0 Å². The molecule has 0 saturated carbocycles. The predicted molar refractivity (Wildman–Crippen MR) is 74.2 cm³/mol. The minimum Gasteiger partial charge on any atom is -0.493 e. The van der Waals surface area contributed by atoms with E-state index in [0.29, 0.717) is 6.61 Å². The van der Waals surface area contributed by atoms with E-state index in [-0.39, 0.29) is 0 Å². The van der Waals surface area contributed by atoms with Gasteiger partial charge in [0.15, 0.2) is 0 Å². The SMILES string of the molecule is CCOCCC[NH2+]Cc1cc(Cl)ccc1OCC. The van der Waals surface area contributed by atoms with Gasteiger partial charge in [-0.2, -0.15) is 0 Å². The van der Waals surface area contributed by atoms with Crippen molar-refractivity contribution in [3.8, 4) is 5.75 Å². The van der Waals surface area contributed by atoms with Crippen LogP contribution in [0.2, 0.25) is 5.02 Å². The second kappa shape index (κ2) is 9.20. The lowest BCUT2D eigenvalue weighted by Crippen LogP contribution is -2.82. The van der Waals surface area contributed by atoms with Crippen LogP contribution < -0.4 is 10.1 Å². The number of benzene rings is 1. The second-order valence-corrected chi connectivity index (χ2v) is 4.45. The molecule has 102 valence electrons. The highest BCUT2D eigenvalue weighted by Crippen LogP contribution is 2.21. The van der Waals surface area contributed by atoms with Crippen molar-refractivity contribution in [3.05, 3.63) is 28.8 Å². The van der Waals surface area contributed by atoms with Gasteiger partial charge in [0.05, 0.1) is 19.8 Å². The molecule has 0 fully saturated rings. The van der Waals surface area contributed by atoms with E-state index < -0.39 is 0 Å². The number of nitrogens with two attached hydrogens (primary N) is 1. The maximum atomic E-state index is 6.01. The zero-order valence-electron chi connectivity index (χ0n) is 11.2. The van der Waals surface area contributed by atoms with Gasteiger partial charge in [0.1, 0.15) is 12.3 Å². The second-order valence-electron chi connectivity index (χ2n) is 4.02. The van der Waals surface area contributed by atoms with E-state index in [4.69, 9.17) is 21.1 Å². The van der Waals surface area contributed by atoms with Crippen LogP contribution in [0.4, 0.5) is 0 Å². The van der Waals surface area contributed by atoms with Gasteiger partial charge in [-0.15, -0.1) is 0 Å². The lowest BCUT2D eigenvalue weighted by molar-refractivity contribution is -0.671. The van der Waals surface area contributed by atoms with E-state index in [1.165, 1.54) is 0 Å². The molecule has 0 saturated heterocycles. The summed E-state index contributed by atoms with van der Waals surface area (Å²) in [5.74, 6) is 0.933. The molecule has 0 bridgehead atoms. The third kappa shape index (κ3) is 5.71. The topological polar surface area (TPSA) is 35.1 Å². The summed E-state index contributed by atoms with van der Waals surface area (Å²) in [6.45, 7) is 8.26. The molecule has 0 aliphatic carbocycles. The summed E-state index contributed by atoms with van der Waals surface area (Å²) in [6.07, 6.45) is 1.07. The molecule has 0 atom stereocenters. The quantitative estimate of drug-likeness (QED) is 0.700. The maximum absolute atomic E-state index is 6.01. The van der Waals surface area contributed by atoms with E-state index in [0.717, 1.165) is 49.1 Å². The Morgan fingerprint density at radius 1 is 1.22 bits per heavy atom. The molecular formula is C14H23ClNO2+. The van der Waals surface area contributed by atoms with E-state index in [2.05, 4.69) is 5.32 Å². The Labute approximate surface area is 114 Å². The Morgan fingerprint density at radius 2 is 2.06 bits per heavy atom. The molecule has 0 aliphatic rings. The third-order valence-electron chi connectivity index (χ3n) is 2.59. The highest BCUT2D eigenvalue weighted by molar-refractivity contribution is 6.30. The van der Waals surface area contributed by atoms with Crippen molar-refractivity contribution in [2.24, 2.45) is 0 Å². The van der Waals surface area contributed by atoms with Crippen molar-refractivity contribution in [3.63, 3.8) is 0 Å². The summed E-state index contributed by atoms with van der Waals surface area (Å²) < 4.78 is 10.9. The largest absolute Gasteiger partial charge is 0.493 e. The van der Waals surface area contributed by atoms with Gasteiger partial charge in [-0.1, -0.05) is 11.6 Å². The minimum atomic E-state index is 0.680. The molecule has 4 heteroatoms. The van der Waals surface area contributed by atoms with Crippen LogP contribution in [0.15, 0.2) is 18.2 Å². The molecule has 0 spiro atoms. The zero-order chi connectivity index (χ0) is 13.2. The van der Waals surface area contributed by atoms with Gasteiger partial charge < -0.3 is 14.8 Å². The van der Waals surface area contributed by atoms with Crippen LogP contribution in [0.5, 0.6) is 5.75 Å². The molecule has 2 N–H and O–H groups in total. The van der Waals surface area contributed by atoms with Crippen LogP contribution in [-0.4, -0.2) is 26.4 Å². The Bertz CT molecular complexity index is 345. The van der Waals surface area contributed by atoms with Crippen molar-refractivity contribution >= 4 is 11.6 Å². The maximum Gasteiger partial charge on any atom is 0.128 e.